The first kappa shape index (κ1) is 14.1. The smallest absolute Gasteiger partial charge is 0.358 e. The van der Waals surface area contributed by atoms with Crippen LogP contribution >= 0.6 is 0 Å². The topological polar surface area (TPSA) is 106 Å². The maximum Gasteiger partial charge on any atom is 0.358 e. The molecule has 0 saturated heterocycles. The van der Waals surface area contributed by atoms with Crippen LogP contribution in [0.3, 0.4) is 0 Å². The number of carbonyl (C=O) groups is 2. The van der Waals surface area contributed by atoms with E-state index in [9.17, 15) is 9.59 Å². The number of nitrogens with one attached hydrogen (secondary N) is 1. The quantitative estimate of drug-likeness (QED) is 0.706. The van der Waals surface area contributed by atoms with E-state index in [-0.39, 0.29) is 24.2 Å². The third kappa shape index (κ3) is 3.52. The fourth-order valence-electron chi connectivity index (χ4n) is 1.46. The summed E-state index contributed by atoms with van der Waals surface area (Å²) in [5.74, 6) is -1.43. The van der Waals surface area contributed by atoms with Crippen LogP contribution in [0.1, 0.15) is 23.1 Å². The predicted octanol–water partition coefficient (Wildman–Crippen LogP) is -0.564. The summed E-state index contributed by atoms with van der Waals surface area (Å²) in [5, 5.41) is 18.6. The maximum atomic E-state index is 11.6. The van der Waals surface area contributed by atoms with E-state index in [1.165, 1.54) is 4.68 Å². The predicted molar refractivity (Wildman–Crippen MR) is 61.2 cm³/mol. The summed E-state index contributed by atoms with van der Waals surface area (Å²) < 4.78 is 6.14. The molecule has 1 aromatic heterocycles. The van der Waals surface area contributed by atoms with E-state index in [4.69, 9.17) is 9.84 Å². The van der Waals surface area contributed by atoms with Crippen molar-refractivity contribution in [3.8, 4) is 0 Å². The van der Waals surface area contributed by atoms with Gasteiger partial charge in [0.15, 0.2) is 5.69 Å². The number of aromatic nitrogens is 3. The first-order valence-electron chi connectivity index (χ1n) is 5.37. The Labute approximate surface area is 104 Å². The van der Waals surface area contributed by atoms with Crippen molar-refractivity contribution in [1.29, 1.82) is 0 Å². The Hall–Kier alpha value is -1.96. The molecule has 1 heterocycles. The van der Waals surface area contributed by atoms with Crippen molar-refractivity contribution in [2.24, 2.45) is 0 Å². The van der Waals surface area contributed by atoms with E-state index in [2.05, 4.69) is 15.6 Å². The lowest BCUT2D eigenvalue weighted by Crippen LogP contribution is -2.38. The van der Waals surface area contributed by atoms with Crippen molar-refractivity contribution in [3.63, 3.8) is 0 Å². The summed E-state index contributed by atoms with van der Waals surface area (Å²) in [7, 11) is 1.55. The SMILES string of the molecule is COCC(C)NC(=O)Cn1nnc(C(=O)O)c1C. The number of ether oxygens (including phenoxy) is 1. The summed E-state index contributed by atoms with van der Waals surface area (Å²) in [6.07, 6.45) is 0. The van der Waals surface area contributed by atoms with Gasteiger partial charge in [0, 0.05) is 13.2 Å². The van der Waals surface area contributed by atoms with Crippen molar-refractivity contribution in [2.45, 2.75) is 26.4 Å². The summed E-state index contributed by atoms with van der Waals surface area (Å²) >= 11 is 0. The number of rotatable bonds is 6. The highest BCUT2D eigenvalue weighted by Crippen LogP contribution is 2.03. The average Bonchev–Trinajstić information content (AvgIpc) is 2.60. The Morgan fingerprint density at radius 1 is 1.56 bits per heavy atom. The minimum atomic E-state index is -1.16. The zero-order chi connectivity index (χ0) is 13.7. The molecule has 100 valence electrons. The molecule has 0 bridgehead atoms. The summed E-state index contributed by atoms with van der Waals surface area (Å²) in [6, 6.07) is -0.120. The lowest BCUT2D eigenvalue weighted by atomic mass is 10.3. The molecule has 0 aliphatic carbocycles. The molecule has 8 heteroatoms. The number of hydrogen-bond acceptors (Lipinski definition) is 5. The second-order valence-corrected chi connectivity index (χ2v) is 3.91. The fraction of sp³-hybridized carbons (Fsp3) is 0.600. The number of hydrogen-bond donors (Lipinski definition) is 2. The number of carbonyl (C=O) groups excluding carboxylic acids is 1. The van der Waals surface area contributed by atoms with Crippen molar-refractivity contribution in [3.05, 3.63) is 11.4 Å². The Balaban J connectivity index is 2.62. The first-order chi connectivity index (χ1) is 8.45. The van der Waals surface area contributed by atoms with Gasteiger partial charge >= 0.3 is 5.97 Å². The van der Waals surface area contributed by atoms with E-state index in [0.717, 1.165) is 0 Å². The number of methoxy groups -OCH3 is 1. The van der Waals surface area contributed by atoms with Gasteiger partial charge in [0.1, 0.15) is 6.54 Å². The lowest BCUT2D eigenvalue weighted by molar-refractivity contribution is -0.122. The van der Waals surface area contributed by atoms with Crippen LogP contribution in [0.25, 0.3) is 0 Å². The lowest BCUT2D eigenvalue weighted by Gasteiger charge is -2.12. The molecule has 2 N–H and O–H groups in total. The highest BCUT2D eigenvalue weighted by Gasteiger charge is 2.17. The van der Waals surface area contributed by atoms with Crippen molar-refractivity contribution in [2.75, 3.05) is 13.7 Å². The fourth-order valence-corrected chi connectivity index (χ4v) is 1.46. The molecule has 18 heavy (non-hydrogen) atoms. The molecule has 1 unspecified atom stereocenters. The van der Waals surface area contributed by atoms with Crippen LogP contribution in [0.4, 0.5) is 0 Å². The first-order valence-corrected chi connectivity index (χ1v) is 5.37. The van der Waals surface area contributed by atoms with Crippen LogP contribution in [0.5, 0.6) is 0 Å². The highest BCUT2D eigenvalue weighted by molar-refractivity contribution is 5.86. The van der Waals surface area contributed by atoms with Gasteiger partial charge in [-0.05, 0) is 13.8 Å². The number of aromatic carboxylic acids is 1. The highest BCUT2D eigenvalue weighted by atomic mass is 16.5. The molecule has 1 rings (SSSR count). The molecule has 1 amide bonds. The van der Waals surface area contributed by atoms with Gasteiger partial charge in [0.25, 0.3) is 0 Å². The molecular formula is C10H16N4O4. The number of carboxylic acid groups (broad SMARTS) is 1. The minimum Gasteiger partial charge on any atom is -0.476 e. The van der Waals surface area contributed by atoms with Gasteiger partial charge in [-0.3, -0.25) is 4.79 Å². The van der Waals surface area contributed by atoms with E-state index < -0.39 is 5.97 Å². The third-order valence-electron chi connectivity index (χ3n) is 2.30. The Kier molecular flexibility index (Phi) is 4.78. The molecule has 8 nitrogen and oxygen atoms in total. The Bertz CT molecular complexity index is 443. The molecule has 0 spiro atoms. The minimum absolute atomic E-state index is 0.0693. The maximum absolute atomic E-state index is 11.6. The van der Waals surface area contributed by atoms with E-state index in [1.54, 1.807) is 21.0 Å². The van der Waals surface area contributed by atoms with Gasteiger partial charge in [0.2, 0.25) is 5.91 Å². The standard InChI is InChI=1S/C10H16N4O4/c1-6(5-18-3)11-8(15)4-14-7(2)9(10(16)17)12-13-14/h6H,4-5H2,1-3H3,(H,11,15)(H,16,17). The normalized spacial score (nSPS) is 12.2. The van der Waals surface area contributed by atoms with Crippen molar-refractivity contribution >= 4 is 11.9 Å². The van der Waals surface area contributed by atoms with Gasteiger partial charge < -0.3 is 15.2 Å². The van der Waals surface area contributed by atoms with Crippen molar-refractivity contribution in [1.82, 2.24) is 20.3 Å². The zero-order valence-corrected chi connectivity index (χ0v) is 10.5. The molecule has 0 aliphatic heterocycles. The molecular weight excluding hydrogens is 240 g/mol. The van der Waals surface area contributed by atoms with Crippen LogP contribution in [0.2, 0.25) is 0 Å². The van der Waals surface area contributed by atoms with Crippen molar-refractivity contribution < 1.29 is 19.4 Å². The summed E-state index contributed by atoms with van der Waals surface area (Å²) in [5.41, 5.74) is 0.199. The van der Waals surface area contributed by atoms with Crippen LogP contribution in [0.15, 0.2) is 0 Å². The second kappa shape index (κ2) is 6.10. The third-order valence-corrected chi connectivity index (χ3v) is 2.30. The molecule has 0 radical (unpaired) electrons. The van der Waals surface area contributed by atoms with Gasteiger partial charge in [-0.15, -0.1) is 5.10 Å². The van der Waals surface area contributed by atoms with Gasteiger partial charge in [-0.1, -0.05) is 5.21 Å². The van der Waals surface area contributed by atoms with Gasteiger partial charge in [-0.25, -0.2) is 9.48 Å². The van der Waals surface area contributed by atoms with Gasteiger partial charge in [0.05, 0.1) is 12.3 Å². The molecule has 1 atom stereocenters. The molecule has 0 fully saturated rings. The second-order valence-electron chi connectivity index (χ2n) is 3.91. The molecule has 0 aliphatic rings. The van der Waals surface area contributed by atoms with E-state index in [1.807, 2.05) is 0 Å². The van der Waals surface area contributed by atoms with Crippen LogP contribution in [-0.4, -0.2) is 51.7 Å². The van der Waals surface area contributed by atoms with Crippen LogP contribution in [0, 0.1) is 6.92 Å². The average molecular weight is 256 g/mol. The van der Waals surface area contributed by atoms with Crippen LogP contribution < -0.4 is 5.32 Å². The zero-order valence-electron chi connectivity index (χ0n) is 10.5. The monoisotopic (exact) mass is 256 g/mol. The number of carboxylic acids is 1. The Morgan fingerprint density at radius 3 is 2.72 bits per heavy atom. The number of amides is 1. The van der Waals surface area contributed by atoms with E-state index >= 15 is 0 Å². The Morgan fingerprint density at radius 2 is 2.22 bits per heavy atom. The summed E-state index contributed by atoms with van der Waals surface area (Å²) in [6.45, 7) is 3.69. The molecule has 0 saturated carbocycles. The number of nitrogens with zero attached hydrogens (tertiary/aromatic N) is 3. The molecule has 1 aromatic rings. The van der Waals surface area contributed by atoms with Gasteiger partial charge in [-0.2, -0.15) is 0 Å². The summed E-state index contributed by atoms with van der Waals surface area (Å²) in [4.78, 5) is 22.4. The van der Waals surface area contributed by atoms with Crippen LogP contribution in [-0.2, 0) is 16.1 Å². The van der Waals surface area contributed by atoms with E-state index in [0.29, 0.717) is 12.3 Å². The molecule has 0 aromatic carbocycles. The largest absolute Gasteiger partial charge is 0.476 e.